The molecule has 1 aliphatic rings. The predicted octanol–water partition coefficient (Wildman–Crippen LogP) is 7.02. The smallest absolute Gasteiger partial charge is 0.300 e. The number of nitrogens with zero attached hydrogens (tertiary/aromatic N) is 1. The summed E-state index contributed by atoms with van der Waals surface area (Å²) in [6, 6.07) is 30.4. The highest BCUT2D eigenvalue weighted by Gasteiger charge is 2.47. The van der Waals surface area contributed by atoms with Gasteiger partial charge in [0.15, 0.2) is 0 Å². The maximum absolute atomic E-state index is 13.4. The standard InChI is InChI=1S/C30H23ClN2O3/c1-19-7-5-8-20(17-19)27-26(28(34)21-9-6-10-22(31)18-21)29(35)30(36)33(27)25-15-13-24(14-16-25)32-23-11-3-2-4-12-23/h2-18,27,32,34H,1H3/b28-26-. The minimum Gasteiger partial charge on any atom is -0.507 e. The minimum atomic E-state index is -0.795. The second kappa shape index (κ2) is 9.72. The van der Waals surface area contributed by atoms with Crippen LogP contribution in [0.2, 0.25) is 5.02 Å². The van der Waals surface area contributed by atoms with Crippen LogP contribution in [0, 0.1) is 6.92 Å². The van der Waals surface area contributed by atoms with E-state index in [0.717, 1.165) is 22.5 Å². The molecule has 1 unspecified atom stereocenters. The van der Waals surface area contributed by atoms with E-state index >= 15 is 0 Å². The quantitative estimate of drug-likeness (QED) is 0.178. The Balaban J connectivity index is 1.60. The molecule has 0 saturated carbocycles. The Morgan fingerprint density at radius 3 is 2.22 bits per heavy atom. The Labute approximate surface area is 214 Å². The number of rotatable bonds is 5. The van der Waals surface area contributed by atoms with Gasteiger partial charge in [0, 0.05) is 27.6 Å². The van der Waals surface area contributed by atoms with Crippen LogP contribution in [0.1, 0.15) is 22.7 Å². The molecule has 5 rings (SSSR count). The fourth-order valence-electron chi connectivity index (χ4n) is 4.44. The van der Waals surface area contributed by atoms with E-state index in [0.29, 0.717) is 16.3 Å². The molecule has 6 heteroatoms. The van der Waals surface area contributed by atoms with Crippen molar-refractivity contribution in [3.05, 3.63) is 130 Å². The maximum atomic E-state index is 13.4. The number of hydrogen-bond acceptors (Lipinski definition) is 4. The van der Waals surface area contributed by atoms with Crippen molar-refractivity contribution in [2.24, 2.45) is 0 Å². The van der Waals surface area contributed by atoms with E-state index in [1.165, 1.54) is 4.90 Å². The largest absolute Gasteiger partial charge is 0.507 e. The zero-order valence-electron chi connectivity index (χ0n) is 19.5. The van der Waals surface area contributed by atoms with Gasteiger partial charge in [-0.05, 0) is 61.0 Å². The van der Waals surface area contributed by atoms with E-state index < -0.39 is 17.7 Å². The fourth-order valence-corrected chi connectivity index (χ4v) is 4.63. The van der Waals surface area contributed by atoms with Crippen molar-refractivity contribution in [2.45, 2.75) is 13.0 Å². The minimum absolute atomic E-state index is 0.0272. The number of anilines is 3. The normalized spacial score (nSPS) is 16.8. The van der Waals surface area contributed by atoms with Gasteiger partial charge in [0.1, 0.15) is 5.76 Å². The number of ketones is 1. The number of aliphatic hydroxyl groups excluding tert-OH is 1. The molecule has 0 aliphatic carbocycles. The summed E-state index contributed by atoms with van der Waals surface area (Å²) in [6.07, 6.45) is 0. The summed E-state index contributed by atoms with van der Waals surface area (Å²) in [5.74, 6) is -1.70. The third-order valence-corrected chi connectivity index (χ3v) is 6.34. The molecule has 1 saturated heterocycles. The SMILES string of the molecule is Cc1cccc(C2/C(=C(/O)c3cccc(Cl)c3)C(=O)C(=O)N2c2ccc(Nc3ccccc3)cc2)c1. The van der Waals surface area contributed by atoms with Crippen LogP contribution in [-0.4, -0.2) is 16.8 Å². The van der Waals surface area contributed by atoms with Gasteiger partial charge < -0.3 is 10.4 Å². The predicted molar refractivity (Wildman–Crippen MR) is 144 cm³/mol. The van der Waals surface area contributed by atoms with E-state index in [4.69, 9.17) is 11.6 Å². The summed E-state index contributed by atoms with van der Waals surface area (Å²) in [6.45, 7) is 1.94. The van der Waals surface area contributed by atoms with E-state index in [9.17, 15) is 14.7 Å². The molecule has 4 aromatic carbocycles. The maximum Gasteiger partial charge on any atom is 0.300 e. The highest BCUT2D eigenvalue weighted by Crippen LogP contribution is 2.42. The third-order valence-electron chi connectivity index (χ3n) is 6.11. The molecule has 1 amide bonds. The van der Waals surface area contributed by atoms with Crippen LogP contribution in [-0.2, 0) is 9.59 Å². The zero-order chi connectivity index (χ0) is 25.2. The van der Waals surface area contributed by atoms with Crippen molar-refractivity contribution >= 4 is 46.1 Å². The first-order valence-corrected chi connectivity index (χ1v) is 11.9. The molecule has 0 radical (unpaired) electrons. The number of nitrogens with one attached hydrogen (secondary N) is 1. The summed E-state index contributed by atoms with van der Waals surface area (Å²) in [7, 11) is 0. The van der Waals surface area contributed by atoms with Crippen molar-refractivity contribution in [1.29, 1.82) is 0 Å². The van der Waals surface area contributed by atoms with Gasteiger partial charge in [-0.3, -0.25) is 14.5 Å². The van der Waals surface area contributed by atoms with Crippen LogP contribution in [0.4, 0.5) is 17.1 Å². The highest BCUT2D eigenvalue weighted by molar-refractivity contribution is 6.51. The molecule has 1 atom stereocenters. The third kappa shape index (κ3) is 4.49. The lowest BCUT2D eigenvalue weighted by Gasteiger charge is -2.26. The van der Waals surface area contributed by atoms with E-state index in [2.05, 4.69) is 5.32 Å². The van der Waals surface area contributed by atoms with Crippen LogP contribution >= 0.6 is 11.6 Å². The summed E-state index contributed by atoms with van der Waals surface area (Å²) in [4.78, 5) is 28.1. The Hall–Kier alpha value is -4.35. The number of carbonyl (C=O) groups excluding carboxylic acids is 2. The molecule has 178 valence electrons. The number of Topliss-reactive ketones (excluding diaryl/α,β-unsaturated/α-hetero) is 1. The first-order chi connectivity index (χ1) is 17.4. The Bertz CT molecular complexity index is 1480. The Morgan fingerprint density at radius 1 is 0.833 bits per heavy atom. The number of halogens is 1. The van der Waals surface area contributed by atoms with Crippen LogP contribution in [0.5, 0.6) is 0 Å². The molecule has 4 aromatic rings. The molecule has 1 aliphatic heterocycles. The molecule has 0 aromatic heterocycles. The number of amides is 1. The molecule has 36 heavy (non-hydrogen) atoms. The Kier molecular flexibility index (Phi) is 6.32. The molecule has 1 fully saturated rings. The molecular formula is C30H23ClN2O3. The average Bonchev–Trinajstić information content (AvgIpc) is 3.15. The van der Waals surface area contributed by atoms with Crippen molar-refractivity contribution < 1.29 is 14.7 Å². The van der Waals surface area contributed by atoms with E-state index in [1.54, 1.807) is 36.4 Å². The van der Waals surface area contributed by atoms with Gasteiger partial charge in [-0.1, -0.05) is 71.8 Å². The van der Waals surface area contributed by atoms with Gasteiger partial charge in [0.2, 0.25) is 0 Å². The molecule has 5 nitrogen and oxygen atoms in total. The number of benzene rings is 4. The number of aryl methyl sites for hydroxylation is 1. The average molecular weight is 495 g/mol. The zero-order valence-corrected chi connectivity index (χ0v) is 20.2. The molecule has 0 bridgehead atoms. The lowest BCUT2D eigenvalue weighted by Crippen LogP contribution is -2.29. The summed E-state index contributed by atoms with van der Waals surface area (Å²) in [5.41, 5.74) is 4.43. The molecular weight excluding hydrogens is 472 g/mol. The topological polar surface area (TPSA) is 69.6 Å². The van der Waals surface area contributed by atoms with Gasteiger partial charge >= 0.3 is 0 Å². The lowest BCUT2D eigenvalue weighted by molar-refractivity contribution is -0.132. The van der Waals surface area contributed by atoms with Gasteiger partial charge in [0.25, 0.3) is 11.7 Å². The number of para-hydroxylation sites is 1. The van der Waals surface area contributed by atoms with Crippen molar-refractivity contribution in [2.75, 3.05) is 10.2 Å². The molecule has 1 heterocycles. The van der Waals surface area contributed by atoms with Gasteiger partial charge in [-0.25, -0.2) is 0 Å². The second-order valence-corrected chi connectivity index (χ2v) is 9.07. The molecule has 0 spiro atoms. The van der Waals surface area contributed by atoms with Crippen LogP contribution in [0.15, 0.2) is 109 Å². The van der Waals surface area contributed by atoms with Crippen molar-refractivity contribution in [3.63, 3.8) is 0 Å². The van der Waals surface area contributed by atoms with Gasteiger partial charge in [-0.15, -0.1) is 0 Å². The summed E-state index contributed by atoms with van der Waals surface area (Å²) in [5, 5.41) is 15.0. The fraction of sp³-hybridized carbons (Fsp3) is 0.0667. The number of aliphatic hydroxyl groups is 1. The second-order valence-electron chi connectivity index (χ2n) is 8.63. The Morgan fingerprint density at radius 2 is 1.53 bits per heavy atom. The number of carbonyl (C=O) groups is 2. The highest BCUT2D eigenvalue weighted by atomic mass is 35.5. The van der Waals surface area contributed by atoms with Crippen molar-refractivity contribution in [3.8, 4) is 0 Å². The summed E-state index contributed by atoms with van der Waals surface area (Å²) < 4.78 is 0. The van der Waals surface area contributed by atoms with Crippen LogP contribution in [0.25, 0.3) is 5.76 Å². The van der Waals surface area contributed by atoms with Crippen LogP contribution in [0.3, 0.4) is 0 Å². The van der Waals surface area contributed by atoms with Crippen molar-refractivity contribution in [1.82, 2.24) is 0 Å². The first kappa shape index (κ1) is 23.4. The monoisotopic (exact) mass is 494 g/mol. The van der Waals surface area contributed by atoms with Gasteiger partial charge in [0.05, 0.1) is 11.6 Å². The lowest BCUT2D eigenvalue weighted by atomic mass is 9.94. The van der Waals surface area contributed by atoms with Gasteiger partial charge in [-0.2, -0.15) is 0 Å². The molecule has 2 N–H and O–H groups in total. The van der Waals surface area contributed by atoms with E-state index in [1.807, 2.05) is 73.7 Å². The van der Waals surface area contributed by atoms with Crippen LogP contribution < -0.4 is 10.2 Å². The van der Waals surface area contributed by atoms with E-state index in [-0.39, 0.29) is 11.3 Å². The number of hydrogen-bond donors (Lipinski definition) is 2. The first-order valence-electron chi connectivity index (χ1n) is 11.5. The summed E-state index contributed by atoms with van der Waals surface area (Å²) >= 11 is 6.13.